The standard InChI is InChI=1S/C20H19ClF3N3O4/c21-16-10-13(3-6-25-16)26-17(29)12-1-2-15(22)14(9-12)20(23,24)18(30)27-7-4-19(31,11-28)5-8-27/h1-3,6,9-10,28,31H,4-5,7-8,11H2,(H,25,26,29). The van der Waals surface area contributed by atoms with Crippen LogP contribution in [0.3, 0.4) is 0 Å². The first-order valence-corrected chi connectivity index (χ1v) is 9.67. The lowest BCUT2D eigenvalue weighted by Crippen LogP contribution is -2.52. The van der Waals surface area contributed by atoms with Crippen LogP contribution >= 0.6 is 11.6 Å². The number of anilines is 1. The SMILES string of the molecule is O=C(Nc1ccnc(Cl)c1)c1ccc(F)c(C(F)(F)C(=O)N2CCC(O)(CO)CC2)c1. The molecule has 1 aliphatic rings. The normalized spacial score (nSPS) is 16.1. The summed E-state index contributed by atoms with van der Waals surface area (Å²) in [4.78, 5) is 29.4. The number of carbonyl (C=O) groups is 2. The second-order valence-electron chi connectivity index (χ2n) is 7.27. The van der Waals surface area contributed by atoms with Crippen molar-refractivity contribution in [2.45, 2.75) is 24.4 Å². The van der Waals surface area contributed by atoms with Crippen molar-refractivity contribution in [2.75, 3.05) is 25.0 Å². The van der Waals surface area contributed by atoms with Crippen molar-refractivity contribution in [3.63, 3.8) is 0 Å². The van der Waals surface area contributed by atoms with Gasteiger partial charge < -0.3 is 20.4 Å². The number of amides is 2. The molecular weight excluding hydrogens is 439 g/mol. The van der Waals surface area contributed by atoms with Gasteiger partial charge in [0, 0.05) is 30.5 Å². The van der Waals surface area contributed by atoms with Crippen LogP contribution in [-0.2, 0) is 10.7 Å². The van der Waals surface area contributed by atoms with E-state index in [0.717, 1.165) is 11.0 Å². The summed E-state index contributed by atoms with van der Waals surface area (Å²) in [5.74, 6) is -8.04. The Morgan fingerprint density at radius 2 is 1.90 bits per heavy atom. The lowest BCUT2D eigenvalue weighted by molar-refractivity contribution is -0.164. The highest BCUT2D eigenvalue weighted by molar-refractivity contribution is 6.29. The monoisotopic (exact) mass is 457 g/mol. The number of nitrogens with zero attached hydrogens (tertiary/aromatic N) is 2. The maximum absolute atomic E-state index is 14.9. The van der Waals surface area contributed by atoms with Crippen LogP contribution in [0.15, 0.2) is 36.5 Å². The number of aromatic nitrogens is 1. The van der Waals surface area contributed by atoms with E-state index in [4.69, 9.17) is 16.7 Å². The van der Waals surface area contributed by atoms with E-state index < -0.39 is 41.3 Å². The van der Waals surface area contributed by atoms with E-state index in [1.807, 2.05) is 0 Å². The molecule has 1 aliphatic heterocycles. The molecular formula is C20H19ClF3N3O4. The van der Waals surface area contributed by atoms with Crippen molar-refractivity contribution in [1.29, 1.82) is 0 Å². The zero-order valence-corrected chi connectivity index (χ0v) is 16.9. The van der Waals surface area contributed by atoms with Crippen molar-refractivity contribution in [2.24, 2.45) is 0 Å². The molecule has 0 unspecified atom stereocenters. The molecule has 11 heteroatoms. The van der Waals surface area contributed by atoms with Gasteiger partial charge in [-0.1, -0.05) is 11.6 Å². The third-order valence-corrected chi connectivity index (χ3v) is 5.30. The third kappa shape index (κ3) is 4.97. The van der Waals surface area contributed by atoms with Gasteiger partial charge in [0.1, 0.15) is 11.0 Å². The van der Waals surface area contributed by atoms with Gasteiger partial charge in [-0.25, -0.2) is 9.37 Å². The molecule has 1 saturated heterocycles. The van der Waals surface area contributed by atoms with Crippen LogP contribution < -0.4 is 5.32 Å². The predicted molar refractivity (Wildman–Crippen MR) is 105 cm³/mol. The third-order valence-electron chi connectivity index (χ3n) is 5.10. The number of alkyl halides is 2. The Morgan fingerprint density at radius 3 is 2.52 bits per heavy atom. The number of aliphatic hydroxyl groups is 2. The van der Waals surface area contributed by atoms with Crippen LogP contribution in [0.25, 0.3) is 0 Å². The molecule has 0 radical (unpaired) electrons. The zero-order chi connectivity index (χ0) is 22.8. The summed E-state index contributed by atoms with van der Waals surface area (Å²) in [5, 5.41) is 21.7. The summed E-state index contributed by atoms with van der Waals surface area (Å²) in [6, 6.07) is 5.09. The van der Waals surface area contributed by atoms with E-state index in [9.17, 15) is 27.9 Å². The predicted octanol–water partition coefficient (Wildman–Crippen LogP) is 2.56. The number of benzene rings is 1. The molecule has 3 rings (SSSR count). The Kier molecular flexibility index (Phi) is 6.54. The molecule has 2 aromatic rings. The molecule has 0 aliphatic carbocycles. The summed E-state index contributed by atoms with van der Waals surface area (Å²) in [7, 11) is 0. The van der Waals surface area contributed by atoms with E-state index in [-0.39, 0.29) is 42.3 Å². The van der Waals surface area contributed by atoms with Crippen molar-refractivity contribution >= 4 is 29.1 Å². The van der Waals surface area contributed by atoms with Crippen LogP contribution in [-0.4, -0.2) is 57.2 Å². The molecule has 31 heavy (non-hydrogen) atoms. The highest BCUT2D eigenvalue weighted by Crippen LogP contribution is 2.35. The van der Waals surface area contributed by atoms with Crippen molar-refractivity contribution < 1.29 is 33.0 Å². The van der Waals surface area contributed by atoms with Crippen molar-refractivity contribution in [1.82, 2.24) is 9.88 Å². The number of carbonyl (C=O) groups excluding carboxylic acids is 2. The molecule has 7 nitrogen and oxygen atoms in total. The van der Waals surface area contributed by atoms with Crippen LogP contribution in [0, 0.1) is 5.82 Å². The summed E-state index contributed by atoms with van der Waals surface area (Å²) in [6.07, 6.45) is 1.15. The molecule has 0 atom stereocenters. The zero-order valence-electron chi connectivity index (χ0n) is 16.1. The Bertz CT molecular complexity index is 997. The van der Waals surface area contributed by atoms with E-state index in [1.165, 1.54) is 18.3 Å². The summed E-state index contributed by atoms with van der Waals surface area (Å²) in [6.45, 7) is -1.01. The van der Waals surface area contributed by atoms with Crippen LogP contribution in [0.2, 0.25) is 5.15 Å². The van der Waals surface area contributed by atoms with Gasteiger partial charge in [-0.3, -0.25) is 9.59 Å². The molecule has 166 valence electrons. The molecule has 0 bridgehead atoms. The molecule has 3 N–H and O–H groups in total. The fourth-order valence-corrected chi connectivity index (χ4v) is 3.36. The summed E-state index contributed by atoms with van der Waals surface area (Å²) >= 11 is 5.73. The van der Waals surface area contributed by atoms with Crippen molar-refractivity contribution in [3.05, 3.63) is 58.6 Å². The van der Waals surface area contributed by atoms with E-state index in [2.05, 4.69) is 10.3 Å². The van der Waals surface area contributed by atoms with Gasteiger partial charge >= 0.3 is 5.92 Å². The summed E-state index contributed by atoms with van der Waals surface area (Å²) < 4.78 is 44.0. The smallest absolute Gasteiger partial charge is 0.352 e. The first-order valence-electron chi connectivity index (χ1n) is 9.29. The number of hydrogen-bond acceptors (Lipinski definition) is 5. The Balaban J connectivity index is 1.81. The van der Waals surface area contributed by atoms with Gasteiger partial charge in [0.25, 0.3) is 11.8 Å². The molecule has 1 aromatic heterocycles. The molecule has 0 spiro atoms. The second kappa shape index (κ2) is 8.81. The van der Waals surface area contributed by atoms with Gasteiger partial charge in [0.15, 0.2) is 0 Å². The Labute approximate surface area is 180 Å². The number of piperidine rings is 1. The van der Waals surface area contributed by atoms with Gasteiger partial charge in [-0.05, 0) is 43.2 Å². The number of likely N-dealkylation sites (tertiary alicyclic amines) is 1. The van der Waals surface area contributed by atoms with E-state index >= 15 is 0 Å². The Hall–Kier alpha value is -2.69. The highest BCUT2D eigenvalue weighted by atomic mass is 35.5. The highest BCUT2D eigenvalue weighted by Gasteiger charge is 2.48. The maximum Gasteiger partial charge on any atom is 0.352 e. The number of rotatable bonds is 5. The Morgan fingerprint density at radius 1 is 1.23 bits per heavy atom. The molecule has 1 aromatic carbocycles. The minimum Gasteiger partial charge on any atom is -0.393 e. The molecule has 1 fully saturated rings. The number of halogens is 4. The molecule has 2 heterocycles. The minimum atomic E-state index is -4.24. The number of pyridine rings is 1. The van der Waals surface area contributed by atoms with Gasteiger partial charge in [-0.15, -0.1) is 0 Å². The summed E-state index contributed by atoms with van der Waals surface area (Å²) in [5.41, 5.74) is -2.71. The quantitative estimate of drug-likeness (QED) is 0.599. The van der Waals surface area contributed by atoms with E-state index in [0.29, 0.717) is 12.1 Å². The fraction of sp³-hybridized carbons (Fsp3) is 0.350. The van der Waals surface area contributed by atoms with Gasteiger partial charge in [0.05, 0.1) is 17.8 Å². The lowest BCUT2D eigenvalue weighted by Gasteiger charge is -2.38. The maximum atomic E-state index is 14.9. The topological polar surface area (TPSA) is 103 Å². The minimum absolute atomic E-state index is 0.0925. The van der Waals surface area contributed by atoms with Crippen LogP contribution in [0.1, 0.15) is 28.8 Å². The van der Waals surface area contributed by atoms with Crippen molar-refractivity contribution in [3.8, 4) is 0 Å². The molecule has 2 amide bonds. The number of nitrogens with one attached hydrogen (secondary N) is 1. The van der Waals surface area contributed by atoms with Gasteiger partial charge in [0.2, 0.25) is 0 Å². The average molecular weight is 458 g/mol. The molecule has 0 saturated carbocycles. The first kappa shape index (κ1) is 23.0. The lowest BCUT2D eigenvalue weighted by atomic mass is 9.91. The fourth-order valence-electron chi connectivity index (χ4n) is 3.19. The van der Waals surface area contributed by atoms with Gasteiger partial charge in [-0.2, -0.15) is 8.78 Å². The first-order chi connectivity index (χ1) is 14.6. The number of hydrogen-bond donors (Lipinski definition) is 3. The van der Waals surface area contributed by atoms with Crippen LogP contribution in [0.5, 0.6) is 0 Å². The van der Waals surface area contributed by atoms with Crippen LogP contribution in [0.4, 0.5) is 18.9 Å². The average Bonchev–Trinajstić information content (AvgIpc) is 2.74. The largest absolute Gasteiger partial charge is 0.393 e. The number of aliphatic hydroxyl groups excluding tert-OH is 1. The second-order valence-corrected chi connectivity index (χ2v) is 7.65. The van der Waals surface area contributed by atoms with E-state index in [1.54, 1.807) is 0 Å².